The molecule has 0 aliphatic carbocycles. The molecule has 0 spiro atoms. The van der Waals surface area contributed by atoms with Crippen molar-refractivity contribution in [3.05, 3.63) is 54.2 Å². The van der Waals surface area contributed by atoms with E-state index in [0.29, 0.717) is 25.7 Å². The van der Waals surface area contributed by atoms with Crippen LogP contribution in [0.2, 0.25) is 0 Å². The molecule has 0 radical (unpaired) electrons. The van der Waals surface area contributed by atoms with Gasteiger partial charge in [0.05, 0.1) is 25.5 Å². The molecule has 138 valence electrons. The van der Waals surface area contributed by atoms with Crippen molar-refractivity contribution < 1.29 is 14.3 Å². The van der Waals surface area contributed by atoms with E-state index in [-0.39, 0.29) is 30.5 Å². The highest BCUT2D eigenvalue weighted by atomic mass is 127. The second kappa shape index (κ2) is 12.7. The van der Waals surface area contributed by atoms with E-state index in [1.807, 2.05) is 12.1 Å². The van der Waals surface area contributed by atoms with Crippen LogP contribution in [0.5, 0.6) is 0 Å². The van der Waals surface area contributed by atoms with Gasteiger partial charge >= 0.3 is 0 Å². The number of pyridine rings is 1. The fourth-order valence-electron chi connectivity index (χ4n) is 2.07. The van der Waals surface area contributed by atoms with Crippen LogP contribution in [-0.4, -0.2) is 49.4 Å². The first-order valence-corrected chi connectivity index (χ1v) is 7.91. The molecule has 3 N–H and O–H groups in total. The maximum absolute atomic E-state index is 10.2. The lowest BCUT2D eigenvalue weighted by Crippen LogP contribution is -2.40. The molecule has 7 nitrogen and oxygen atoms in total. The zero-order valence-corrected chi connectivity index (χ0v) is 16.6. The van der Waals surface area contributed by atoms with E-state index in [9.17, 15) is 5.11 Å². The largest absolute Gasteiger partial charge is 0.469 e. The highest BCUT2D eigenvalue weighted by Gasteiger charge is 2.07. The van der Waals surface area contributed by atoms with Crippen molar-refractivity contribution in [2.75, 3.05) is 33.4 Å². The summed E-state index contributed by atoms with van der Waals surface area (Å²) in [6.45, 7) is 2.14. The van der Waals surface area contributed by atoms with E-state index in [4.69, 9.17) is 9.15 Å². The zero-order chi connectivity index (χ0) is 17.0. The quantitative estimate of drug-likeness (QED) is 0.229. The van der Waals surface area contributed by atoms with Gasteiger partial charge in [0.1, 0.15) is 5.76 Å². The number of aliphatic hydroxyl groups excluding tert-OH is 1. The number of nitrogens with one attached hydrogen (secondary N) is 2. The SMILES string of the molecule is COCCNC(=NCC(O)c1ccncc1)NCCc1ccco1.I. The third-order valence-corrected chi connectivity index (χ3v) is 3.36. The van der Waals surface area contributed by atoms with Crippen molar-refractivity contribution in [2.24, 2.45) is 4.99 Å². The van der Waals surface area contributed by atoms with E-state index in [2.05, 4.69) is 20.6 Å². The molecule has 2 aromatic heterocycles. The first kappa shape index (κ1) is 21.4. The van der Waals surface area contributed by atoms with Crippen molar-refractivity contribution in [1.82, 2.24) is 15.6 Å². The van der Waals surface area contributed by atoms with Gasteiger partial charge in [-0.2, -0.15) is 0 Å². The molecule has 25 heavy (non-hydrogen) atoms. The predicted octanol–water partition coefficient (Wildman–Crippen LogP) is 1.75. The Labute approximate surface area is 164 Å². The molecule has 0 aliphatic rings. The van der Waals surface area contributed by atoms with E-state index >= 15 is 0 Å². The molecule has 1 atom stereocenters. The number of ether oxygens (including phenoxy) is 1. The number of hydrogen-bond donors (Lipinski definition) is 3. The van der Waals surface area contributed by atoms with Gasteiger partial charge in [0, 0.05) is 39.0 Å². The lowest BCUT2D eigenvalue weighted by atomic mass is 10.1. The summed E-state index contributed by atoms with van der Waals surface area (Å²) in [6, 6.07) is 7.36. The van der Waals surface area contributed by atoms with E-state index in [1.165, 1.54) is 0 Å². The number of rotatable bonds is 9. The average molecular weight is 460 g/mol. The maximum atomic E-state index is 10.2. The molecular formula is C17H25IN4O3. The highest BCUT2D eigenvalue weighted by molar-refractivity contribution is 14.0. The minimum absolute atomic E-state index is 0. The second-order valence-electron chi connectivity index (χ2n) is 5.16. The normalized spacial score (nSPS) is 12.3. The summed E-state index contributed by atoms with van der Waals surface area (Å²) < 4.78 is 10.3. The molecular weight excluding hydrogens is 435 g/mol. The number of aliphatic imine (C=N–C) groups is 1. The Hall–Kier alpha value is -1.65. The third-order valence-electron chi connectivity index (χ3n) is 3.36. The Kier molecular flexibility index (Phi) is 10.8. The van der Waals surface area contributed by atoms with Gasteiger partial charge in [0.15, 0.2) is 5.96 Å². The molecule has 2 heterocycles. The zero-order valence-electron chi connectivity index (χ0n) is 14.2. The van der Waals surface area contributed by atoms with Crippen LogP contribution in [0, 0.1) is 0 Å². The van der Waals surface area contributed by atoms with Gasteiger partial charge in [-0.25, -0.2) is 0 Å². The van der Waals surface area contributed by atoms with Gasteiger partial charge in [-0.15, -0.1) is 24.0 Å². The Morgan fingerprint density at radius 3 is 2.72 bits per heavy atom. The monoisotopic (exact) mass is 460 g/mol. The number of halogens is 1. The molecule has 0 saturated carbocycles. The van der Waals surface area contributed by atoms with Crippen molar-refractivity contribution in [3.63, 3.8) is 0 Å². The number of hydrogen-bond acceptors (Lipinski definition) is 5. The fourth-order valence-corrected chi connectivity index (χ4v) is 2.07. The van der Waals surface area contributed by atoms with Crippen molar-refractivity contribution >= 4 is 29.9 Å². The van der Waals surface area contributed by atoms with Crippen LogP contribution in [0.4, 0.5) is 0 Å². The Morgan fingerprint density at radius 1 is 1.28 bits per heavy atom. The number of nitrogens with zero attached hydrogens (tertiary/aromatic N) is 2. The molecule has 0 aliphatic heterocycles. The van der Waals surface area contributed by atoms with E-state index in [0.717, 1.165) is 17.7 Å². The van der Waals surface area contributed by atoms with Gasteiger partial charge in [-0.1, -0.05) is 0 Å². The summed E-state index contributed by atoms with van der Waals surface area (Å²) in [7, 11) is 1.65. The number of guanidine groups is 1. The summed E-state index contributed by atoms with van der Waals surface area (Å²) in [4.78, 5) is 8.37. The third kappa shape index (κ3) is 8.32. The molecule has 0 bridgehead atoms. The number of aliphatic hydroxyl groups is 1. The molecule has 2 aromatic rings. The topological polar surface area (TPSA) is 91.9 Å². The van der Waals surface area contributed by atoms with Gasteiger partial charge in [0.25, 0.3) is 0 Å². The maximum Gasteiger partial charge on any atom is 0.191 e. The van der Waals surface area contributed by atoms with Gasteiger partial charge in [-0.3, -0.25) is 9.98 Å². The van der Waals surface area contributed by atoms with Crippen LogP contribution in [0.25, 0.3) is 0 Å². The molecule has 0 fully saturated rings. The van der Waals surface area contributed by atoms with Crippen LogP contribution in [-0.2, 0) is 11.2 Å². The molecule has 8 heteroatoms. The summed E-state index contributed by atoms with van der Waals surface area (Å²) >= 11 is 0. The summed E-state index contributed by atoms with van der Waals surface area (Å²) in [5.41, 5.74) is 0.792. The first-order valence-electron chi connectivity index (χ1n) is 7.91. The number of furan rings is 1. The van der Waals surface area contributed by atoms with E-state index in [1.54, 1.807) is 37.9 Å². The minimum Gasteiger partial charge on any atom is -0.469 e. The first-order chi connectivity index (χ1) is 11.8. The van der Waals surface area contributed by atoms with Crippen LogP contribution in [0.1, 0.15) is 17.4 Å². The lowest BCUT2D eigenvalue weighted by molar-refractivity contribution is 0.186. The highest BCUT2D eigenvalue weighted by Crippen LogP contribution is 2.10. The van der Waals surface area contributed by atoms with Gasteiger partial charge in [-0.05, 0) is 29.8 Å². The molecule has 1 unspecified atom stereocenters. The summed E-state index contributed by atoms with van der Waals surface area (Å²) in [6.07, 6.45) is 5.06. The molecule has 2 rings (SSSR count). The fraction of sp³-hybridized carbons (Fsp3) is 0.412. The van der Waals surface area contributed by atoms with Crippen LogP contribution in [0.3, 0.4) is 0 Å². The van der Waals surface area contributed by atoms with Crippen LogP contribution >= 0.6 is 24.0 Å². The van der Waals surface area contributed by atoms with E-state index < -0.39 is 6.10 Å². The smallest absolute Gasteiger partial charge is 0.191 e. The summed E-state index contributed by atoms with van der Waals surface area (Å²) in [5.74, 6) is 1.54. The Morgan fingerprint density at radius 2 is 2.04 bits per heavy atom. The Balaban J connectivity index is 0.00000312. The number of aromatic nitrogens is 1. The lowest BCUT2D eigenvalue weighted by Gasteiger charge is -2.13. The predicted molar refractivity (Wildman–Crippen MR) is 107 cm³/mol. The van der Waals surface area contributed by atoms with Crippen molar-refractivity contribution in [1.29, 1.82) is 0 Å². The van der Waals surface area contributed by atoms with Gasteiger partial charge in [0.2, 0.25) is 0 Å². The minimum atomic E-state index is -0.668. The van der Waals surface area contributed by atoms with Crippen LogP contribution in [0.15, 0.2) is 52.3 Å². The molecule has 0 amide bonds. The average Bonchev–Trinajstić information content (AvgIpc) is 3.13. The molecule has 0 aromatic carbocycles. The molecule has 0 saturated heterocycles. The summed E-state index contributed by atoms with van der Waals surface area (Å²) in [5, 5.41) is 16.6. The van der Waals surface area contributed by atoms with Crippen molar-refractivity contribution in [2.45, 2.75) is 12.5 Å². The Bertz CT molecular complexity index is 593. The van der Waals surface area contributed by atoms with Crippen molar-refractivity contribution in [3.8, 4) is 0 Å². The number of methoxy groups -OCH3 is 1. The van der Waals surface area contributed by atoms with Crippen LogP contribution < -0.4 is 10.6 Å². The second-order valence-corrected chi connectivity index (χ2v) is 5.16. The van der Waals surface area contributed by atoms with Gasteiger partial charge < -0.3 is 24.9 Å². The standard InChI is InChI=1S/C17H24N4O3.HI/c1-23-12-10-20-17(19-9-6-15-3-2-11-24-15)21-13-16(22)14-4-7-18-8-5-14;/h2-5,7-8,11,16,22H,6,9-10,12-13H2,1H3,(H2,19,20,21);1H.